The number of nitrogens with zero attached hydrogens (tertiary/aromatic N) is 2. The van der Waals surface area contributed by atoms with Crippen LogP contribution in [0.2, 0.25) is 0 Å². The third-order valence-corrected chi connectivity index (χ3v) is 9.68. The molecule has 0 N–H and O–H groups in total. The molecule has 0 aliphatic heterocycles. The summed E-state index contributed by atoms with van der Waals surface area (Å²) >= 11 is 0. The number of rotatable bonds is 8. The third-order valence-electron chi connectivity index (χ3n) is 9.68. The summed E-state index contributed by atoms with van der Waals surface area (Å²) in [4.78, 5) is 4.77. The van der Waals surface area contributed by atoms with Crippen LogP contribution in [-0.4, -0.2) is 0 Å². The molecule has 0 atom stereocenters. The number of fused-ring (bicyclic) bond motifs is 5. The summed E-state index contributed by atoms with van der Waals surface area (Å²) in [5, 5.41) is 7.21. The lowest BCUT2D eigenvalue weighted by Crippen LogP contribution is -2.12. The van der Waals surface area contributed by atoms with E-state index in [1.54, 1.807) is 0 Å². The molecular weight excluding hydrogens is 605 g/mol. The van der Waals surface area contributed by atoms with Crippen molar-refractivity contribution in [2.45, 2.75) is 13.8 Å². The molecule has 2 nitrogen and oxygen atoms in total. The highest BCUT2D eigenvalue weighted by Gasteiger charge is 2.22. The second kappa shape index (κ2) is 12.9. The maximum atomic E-state index is 3.98. The van der Waals surface area contributed by atoms with Gasteiger partial charge in [0.2, 0.25) is 0 Å². The summed E-state index contributed by atoms with van der Waals surface area (Å²) in [6.07, 6.45) is 3.78. The zero-order chi connectivity index (χ0) is 34.2. The van der Waals surface area contributed by atoms with Crippen molar-refractivity contribution in [2.75, 3.05) is 9.80 Å². The zero-order valence-electron chi connectivity index (χ0n) is 28.5. The van der Waals surface area contributed by atoms with E-state index in [0.717, 1.165) is 45.3 Å². The lowest BCUT2D eigenvalue weighted by atomic mass is 9.93. The summed E-state index contributed by atoms with van der Waals surface area (Å²) in [7, 11) is 0. The van der Waals surface area contributed by atoms with Gasteiger partial charge in [-0.05, 0) is 107 Å². The van der Waals surface area contributed by atoms with Crippen LogP contribution >= 0.6 is 0 Å². The lowest BCUT2D eigenvalue weighted by molar-refractivity contribution is 1.29. The van der Waals surface area contributed by atoms with Crippen molar-refractivity contribution >= 4 is 78.6 Å². The van der Waals surface area contributed by atoms with Crippen LogP contribution in [0.25, 0.3) is 44.5 Å². The molecule has 2 heteroatoms. The predicted molar refractivity (Wildman–Crippen MR) is 218 cm³/mol. The fourth-order valence-corrected chi connectivity index (χ4v) is 7.04. The highest BCUT2D eigenvalue weighted by Crippen LogP contribution is 2.47. The van der Waals surface area contributed by atoms with Crippen molar-refractivity contribution < 1.29 is 0 Å². The van der Waals surface area contributed by atoms with E-state index < -0.39 is 0 Å². The van der Waals surface area contributed by atoms with Crippen LogP contribution in [0.3, 0.4) is 0 Å². The molecule has 0 fully saturated rings. The average molecular weight is 643 g/mol. The first-order chi connectivity index (χ1) is 24.5. The van der Waals surface area contributed by atoms with E-state index in [4.69, 9.17) is 0 Å². The van der Waals surface area contributed by atoms with Crippen LogP contribution in [-0.2, 0) is 0 Å². The molecular formula is C48H38N2. The van der Waals surface area contributed by atoms with E-state index in [1.165, 1.54) is 43.4 Å². The lowest BCUT2D eigenvalue weighted by Gasteiger charge is -2.30. The molecule has 8 rings (SSSR count). The van der Waals surface area contributed by atoms with Crippen molar-refractivity contribution in [3.05, 3.63) is 193 Å². The van der Waals surface area contributed by atoms with Crippen molar-refractivity contribution in [2.24, 2.45) is 0 Å². The van der Waals surface area contributed by atoms with Gasteiger partial charge in [0.15, 0.2) is 0 Å². The van der Waals surface area contributed by atoms with Crippen LogP contribution in [0.1, 0.15) is 22.3 Å². The van der Waals surface area contributed by atoms with Crippen LogP contribution < -0.4 is 9.80 Å². The van der Waals surface area contributed by atoms with Gasteiger partial charge in [0.25, 0.3) is 0 Å². The maximum absolute atomic E-state index is 3.98. The van der Waals surface area contributed by atoms with Crippen molar-refractivity contribution in [3.8, 4) is 0 Å². The van der Waals surface area contributed by atoms with Gasteiger partial charge in [-0.3, -0.25) is 0 Å². The topological polar surface area (TPSA) is 6.48 Å². The van der Waals surface area contributed by atoms with Gasteiger partial charge in [-0.15, -0.1) is 0 Å². The molecule has 0 unspecified atom stereocenters. The molecule has 0 saturated heterocycles. The largest absolute Gasteiger partial charge is 0.310 e. The smallest absolute Gasteiger partial charge is 0.0546 e. The molecule has 0 aliphatic carbocycles. The zero-order valence-corrected chi connectivity index (χ0v) is 28.5. The Morgan fingerprint density at radius 3 is 0.980 bits per heavy atom. The third kappa shape index (κ3) is 5.51. The molecule has 0 radical (unpaired) electrons. The van der Waals surface area contributed by atoms with E-state index in [1.807, 2.05) is 12.2 Å². The van der Waals surface area contributed by atoms with Gasteiger partial charge in [-0.1, -0.05) is 133 Å². The Morgan fingerprint density at radius 2 is 0.660 bits per heavy atom. The van der Waals surface area contributed by atoms with Crippen LogP contribution in [0.15, 0.2) is 171 Å². The van der Waals surface area contributed by atoms with Gasteiger partial charge in [0.05, 0.1) is 11.4 Å². The first kappa shape index (κ1) is 30.9. The molecule has 0 aromatic heterocycles. The summed E-state index contributed by atoms with van der Waals surface area (Å²) in [5.74, 6) is 0. The Bertz CT molecular complexity index is 2330. The van der Waals surface area contributed by atoms with Crippen LogP contribution in [0.5, 0.6) is 0 Å². The minimum atomic E-state index is 1.09. The number of anilines is 6. The Kier molecular flexibility index (Phi) is 7.98. The second-order valence-electron chi connectivity index (χ2n) is 12.9. The standard InChI is InChI=1S/C48H38N2/c1-5-35-19-27-39(28-20-35)49(37-23-15-33(3)16-24-37)47-31-45-42-12-8-10-14-44(42)48(32-46(45)41-11-7-9-13-43(41)47)50(38-25-17-34(4)18-26-38)40-29-21-36(6-2)22-30-40/h5-32H,1-2H2,3-4H3. The van der Waals surface area contributed by atoms with E-state index in [-0.39, 0.29) is 0 Å². The minimum Gasteiger partial charge on any atom is -0.310 e. The molecule has 0 saturated carbocycles. The minimum absolute atomic E-state index is 1.09. The second-order valence-corrected chi connectivity index (χ2v) is 12.9. The highest BCUT2D eigenvalue weighted by molar-refractivity contribution is 6.24. The number of benzene rings is 8. The maximum Gasteiger partial charge on any atom is 0.0546 e. The van der Waals surface area contributed by atoms with E-state index in [2.05, 4.69) is 195 Å². The molecule has 8 aromatic carbocycles. The number of aryl methyl sites for hydroxylation is 2. The molecule has 50 heavy (non-hydrogen) atoms. The van der Waals surface area contributed by atoms with Gasteiger partial charge in [0.1, 0.15) is 0 Å². The van der Waals surface area contributed by atoms with Gasteiger partial charge in [0, 0.05) is 33.5 Å². The molecule has 8 aromatic rings. The summed E-state index contributed by atoms with van der Waals surface area (Å²) in [6, 6.07) is 57.3. The molecule has 0 amide bonds. The van der Waals surface area contributed by atoms with Crippen LogP contribution in [0.4, 0.5) is 34.1 Å². The molecule has 0 heterocycles. The fourth-order valence-electron chi connectivity index (χ4n) is 7.04. The van der Waals surface area contributed by atoms with Gasteiger partial charge in [-0.25, -0.2) is 0 Å². The average Bonchev–Trinajstić information content (AvgIpc) is 3.17. The Hall–Kier alpha value is -6.38. The normalized spacial score (nSPS) is 11.2. The van der Waals surface area contributed by atoms with Gasteiger partial charge >= 0.3 is 0 Å². The molecule has 0 bridgehead atoms. The van der Waals surface area contributed by atoms with E-state index >= 15 is 0 Å². The number of hydrogen-bond acceptors (Lipinski definition) is 2. The van der Waals surface area contributed by atoms with E-state index in [0.29, 0.717) is 0 Å². The predicted octanol–water partition coefficient (Wildman–Crippen LogP) is 14.0. The summed E-state index contributed by atoms with van der Waals surface area (Å²) < 4.78 is 0. The number of hydrogen-bond donors (Lipinski definition) is 0. The van der Waals surface area contributed by atoms with Crippen molar-refractivity contribution in [3.63, 3.8) is 0 Å². The molecule has 0 spiro atoms. The first-order valence-corrected chi connectivity index (χ1v) is 17.1. The molecule has 0 aliphatic rings. The SMILES string of the molecule is C=Cc1ccc(N(c2ccc(C)cc2)c2cc3c4ccccc4c(N(c4ccc(C)cc4)c4ccc(C=C)cc4)cc3c3ccccc23)cc1. The monoisotopic (exact) mass is 642 g/mol. The van der Waals surface area contributed by atoms with Crippen molar-refractivity contribution in [1.29, 1.82) is 0 Å². The highest BCUT2D eigenvalue weighted by atomic mass is 15.1. The Labute approximate surface area is 294 Å². The summed E-state index contributed by atoms with van der Waals surface area (Å²) in [6.45, 7) is 12.2. The molecule has 240 valence electrons. The summed E-state index contributed by atoms with van der Waals surface area (Å²) in [5.41, 5.74) is 11.3. The quantitative estimate of drug-likeness (QED) is 0.152. The Balaban J connectivity index is 1.44. The Morgan fingerprint density at radius 1 is 0.360 bits per heavy atom. The van der Waals surface area contributed by atoms with Gasteiger partial charge in [-0.2, -0.15) is 0 Å². The first-order valence-electron chi connectivity index (χ1n) is 17.1. The van der Waals surface area contributed by atoms with Gasteiger partial charge < -0.3 is 9.80 Å². The van der Waals surface area contributed by atoms with Crippen molar-refractivity contribution in [1.82, 2.24) is 0 Å². The fraction of sp³-hybridized carbons (Fsp3) is 0.0417. The van der Waals surface area contributed by atoms with Crippen LogP contribution in [0, 0.1) is 13.8 Å². The van der Waals surface area contributed by atoms with E-state index in [9.17, 15) is 0 Å².